The van der Waals surface area contributed by atoms with Crippen molar-refractivity contribution in [1.82, 2.24) is 14.8 Å². The van der Waals surface area contributed by atoms with Crippen molar-refractivity contribution in [2.45, 2.75) is 13.1 Å². The van der Waals surface area contributed by atoms with Gasteiger partial charge in [-0.3, -0.25) is 9.59 Å². The fourth-order valence-electron chi connectivity index (χ4n) is 3.17. The first-order chi connectivity index (χ1) is 14.2. The lowest BCUT2D eigenvalue weighted by atomic mass is 10.1. The number of hydrogen-bond acceptors (Lipinski definition) is 5. The molecule has 0 radical (unpaired) electrons. The van der Waals surface area contributed by atoms with Crippen LogP contribution in [0.5, 0.6) is 0 Å². The van der Waals surface area contributed by atoms with E-state index in [1.165, 1.54) is 55.5 Å². The molecule has 0 saturated carbocycles. The van der Waals surface area contributed by atoms with Gasteiger partial charge in [0.25, 0.3) is 11.8 Å². The first-order valence-corrected chi connectivity index (χ1v) is 8.62. The second-order valence-electron chi connectivity index (χ2n) is 6.38. The Balaban J connectivity index is 1.75. The smallest absolute Gasteiger partial charge is 0.324 e. The Labute approximate surface area is 167 Å². The zero-order chi connectivity index (χ0) is 21.6. The Bertz CT molecular complexity index is 1150. The van der Waals surface area contributed by atoms with E-state index in [0.29, 0.717) is 4.68 Å². The number of nitrogens with zero attached hydrogens (tertiary/aromatic N) is 3. The van der Waals surface area contributed by atoms with Crippen molar-refractivity contribution in [3.05, 3.63) is 82.7 Å². The van der Waals surface area contributed by atoms with Gasteiger partial charge in [0.05, 0.1) is 22.5 Å². The van der Waals surface area contributed by atoms with Gasteiger partial charge < -0.3 is 4.84 Å². The van der Waals surface area contributed by atoms with Gasteiger partial charge in [0.1, 0.15) is 5.56 Å². The molecular weight excluding hydrogens is 403 g/mol. The summed E-state index contributed by atoms with van der Waals surface area (Å²) in [5.74, 6) is -3.40. The third kappa shape index (κ3) is 3.02. The van der Waals surface area contributed by atoms with E-state index in [-0.39, 0.29) is 27.6 Å². The Morgan fingerprint density at radius 3 is 2.00 bits per heavy atom. The zero-order valence-corrected chi connectivity index (χ0v) is 15.3. The van der Waals surface area contributed by atoms with E-state index >= 15 is 0 Å². The van der Waals surface area contributed by atoms with Crippen LogP contribution in [0, 0.1) is 6.92 Å². The molecule has 152 valence electrons. The molecule has 0 unspecified atom stereocenters. The van der Waals surface area contributed by atoms with E-state index in [9.17, 15) is 27.6 Å². The Hall–Kier alpha value is -3.95. The molecule has 30 heavy (non-hydrogen) atoms. The molecule has 7 nitrogen and oxygen atoms in total. The molecular formula is C20H12F3N3O4. The van der Waals surface area contributed by atoms with Crippen molar-refractivity contribution >= 4 is 17.8 Å². The van der Waals surface area contributed by atoms with Crippen LogP contribution in [-0.4, -0.2) is 32.6 Å². The lowest BCUT2D eigenvalue weighted by Gasteiger charge is -2.15. The lowest BCUT2D eigenvalue weighted by Crippen LogP contribution is -2.33. The van der Waals surface area contributed by atoms with Crippen molar-refractivity contribution in [2.24, 2.45) is 0 Å². The van der Waals surface area contributed by atoms with Crippen LogP contribution in [0.1, 0.15) is 42.5 Å². The summed E-state index contributed by atoms with van der Waals surface area (Å²) in [5, 5.41) is 3.99. The highest BCUT2D eigenvalue weighted by Gasteiger charge is 2.45. The first kappa shape index (κ1) is 19.4. The molecule has 3 aromatic rings. The van der Waals surface area contributed by atoms with Crippen molar-refractivity contribution in [2.75, 3.05) is 0 Å². The number of benzene rings is 2. The molecule has 1 aliphatic rings. The number of amides is 2. The van der Waals surface area contributed by atoms with Crippen LogP contribution < -0.4 is 0 Å². The van der Waals surface area contributed by atoms with Gasteiger partial charge in [-0.15, -0.1) is 0 Å². The fourth-order valence-corrected chi connectivity index (χ4v) is 3.17. The topological polar surface area (TPSA) is 81.5 Å². The van der Waals surface area contributed by atoms with Crippen molar-refractivity contribution < 1.29 is 32.4 Å². The first-order valence-electron chi connectivity index (χ1n) is 8.62. The highest BCUT2D eigenvalue weighted by Crippen LogP contribution is 2.36. The van der Waals surface area contributed by atoms with Gasteiger partial charge in [-0.05, 0) is 31.2 Å². The van der Waals surface area contributed by atoms with Gasteiger partial charge in [-0.25, -0.2) is 9.48 Å². The Morgan fingerprint density at radius 2 is 1.47 bits per heavy atom. The monoisotopic (exact) mass is 415 g/mol. The summed E-state index contributed by atoms with van der Waals surface area (Å²) in [4.78, 5) is 42.2. The average molecular weight is 415 g/mol. The summed E-state index contributed by atoms with van der Waals surface area (Å²) in [5.41, 5.74) is -2.47. The van der Waals surface area contributed by atoms with Gasteiger partial charge in [-0.2, -0.15) is 18.3 Å². The minimum Gasteiger partial charge on any atom is -0.324 e. The second-order valence-corrected chi connectivity index (χ2v) is 6.38. The Morgan fingerprint density at radius 1 is 0.933 bits per heavy atom. The molecule has 4 rings (SSSR count). The summed E-state index contributed by atoms with van der Waals surface area (Å²) < 4.78 is 42.1. The Kier molecular flexibility index (Phi) is 4.41. The number of hydrogen-bond donors (Lipinski definition) is 0. The highest BCUT2D eigenvalue weighted by atomic mass is 19.4. The van der Waals surface area contributed by atoms with Gasteiger partial charge in [0.2, 0.25) is 0 Å². The van der Waals surface area contributed by atoms with E-state index in [0.717, 1.165) is 0 Å². The van der Waals surface area contributed by atoms with Crippen LogP contribution in [0.3, 0.4) is 0 Å². The molecule has 2 heterocycles. The summed E-state index contributed by atoms with van der Waals surface area (Å²) in [6.07, 6.45) is -4.96. The van der Waals surface area contributed by atoms with Crippen LogP contribution in [-0.2, 0) is 11.0 Å². The minimum atomic E-state index is -4.96. The maximum absolute atomic E-state index is 13.8. The maximum Gasteiger partial charge on any atom is 0.434 e. The van der Waals surface area contributed by atoms with Crippen LogP contribution in [0.25, 0.3) is 5.69 Å². The zero-order valence-electron chi connectivity index (χ0n) is 15.3. The molecule has 0 spiro atoms. The van der Waals surface area contributed by atoms with Crippen LogP contribution in [0.15, 0.2) is 54.6 Å². The molecule has 0 N–H and O–H groups in total. The van der Waals surface area contributed by atoms with E-state index in [1.54, 1.807) is 6.07 Å². The predicted molar refractivity (Wildman–Crippen MR) is 95.7 cm³/mol. The number of aryl methyl sites for hydroxylation is 1. The van der Waals surface area contributed by atoms with Crippen molar-refractivity contribution in [3.8, 4) is 5.69 Å². The van der Waals surface area contributed by atoms with Crippen molar-refractivity contribution in [1.29, 1.82) is 0 Å². The molecule has 0 bridgehead atoms. The average Bonchev–Trinajstić information content (AvgIpc) is 3.19. The van der Waals surface area contributed by atoms with E-state index in [1.807, 2.05) is 0 Å². The number of halogens is 3. The number of fused-ring (bicyclic) bond motifs is 1. The maximum atomic E-state index is 13.8. The van der Waals surface area contributed by atoms with Crippen LogP contribution >= 0.6 is 0 Å². The fraction of sp³-hybridized carbons (Fsp3) is 0.100. The largest absolute Gasteiger partial charge is 0.434 e. The number of imide groups is 1. The minimum absolute atomic E-state index is 0.0111. The summed E-state index contributed by atoms with van der Waals surface area (Å²) in [7, 11) is 0. The summed E-state index contributed by atoms with van der Waals surface area (Å²) >= 11 is 0. The number of carbonyl (C=O) groups excluding carboxylic acids is 3. The molecule has 0 saturated heterocycles. The summed E-state index contributed by atoms with van der Waals surface area (Å²) in [6.45, 7) is 1.20. The molecule has 1 aliphatic heterocycles. The third-order valence-electron chi connectivity index (χ3n) is 4.46. The normalized spacial score (nSPS) is 13.5. The SMILES string of the molecule is Cc1nn(-c2ccccc2)c(C(F)(F)F)c1C(=O)ON1C(=O)c2ccccc2C1=O. The molecule has 0 atom stereocenters. The van der Waals surface area contributed by atoms with E-state index < -0.39 is 35.2 Å². The third-order valence-corrected chi connectivity index (χ3v) is 4.46. The molecule has 0 aliphatic carbocycles. The van der Waals surface area contributed by atoms with Gasteiger partial charge in [-0.1, -0.05) is 35.4 Å². The number of rotatable bonds is 3. The number of aromatic nitrogens is 2. The van der Waals surface area contributed by atoms with E-state index in [4.69, 9.17) is 4.84 Å². The molecule has 1 aromatic heterocycles. The molecule has 10 heteroatoms. The molecule has 2 aromatic carbocycles. The van der Waals surface area contributed by atoms with E-state index in [2.05, 4.69) is 5.10 Å². The number of alkyl halides is 3. The van der Waals surface area contributed by atoms with Crippen molar-refractivity contribution in [3.63, 3.8) is 0 Å². The molecule has 2 amide bonds. The second kappa shape index (κ2) is 6.83. The standard InChI is InChI=1S/C20H12F3N3O4/c1-11-15(16(20(21,22)23)25(24-11)12-7-3-2-4-8-12)19(29)30-26-17(27)13-9-5-6-10-14(13)18(26)28/h2-10H,1H3. The lowest BCUT2D eigenvalue weighted by molar-refractivity contribution is -0.143. The summed E-state index contributed by atoms with van der Waals surface area (Å²) in [6, 6.07) is 13.1. The highest BCUT2D eigenvalue weighted by molar-refractivity contribution is 6.21. The van der Waals surface area contributed by atoms with Gasteiger partial charge in [0, 0.05) is 0 Å². The van der Waals surface area contributed by atoms with Crippen LogP contribution in [0.2, 0.25) is 0 Å². The predicted octanol–water partition coefficient (Wildman–Crippen LogP) is 3.57. The number of para-hydroxylation sites is 1. The number of carbonyl (C=O) groups is 3. The van der Waals surface area contributed by atoms with Crippen LogP contribution in [0.4, 0.5) is 13.2 Å². The van der Waals surface area contributed by atoms with Gasteiger partial charge in [0.15, 0.2) is 5.69 Å². The quantitative estimate of drug-likeness (QED) is 0.611. The van der Waals surface area contributed by atoms with Gasteiger partial charge >= 0.3 is 12.1 Å². The number of hydroxylamine groups is 2. The molecule has 0 fully saturated rings.